The molecule has 3 atom stereocenters. The van der Waals surface area contributed by atoms with Crippen LogP contribution >= 0.6 is 0 Å². The van der Waals surface area contributed by atoms with Crippen LogP contribution in [0.2, 0.25) is 0 Å². The van der Waals surface area contributed by atoms with Crippen LogP contribution in [0.3, 0.4) is 0 Å². The Bertz CT molecular complexity index is 412. The van der Waals surface area contributed by atoms with Gasteiger partial charge in [-0.1, -0.05) is 30.3 Å². The summed E-state index contributed by atoms with van der Waals surface area (Å²) in [5.41, 5.74) is 1.02. The molecule has 6 nitrogen and oxygen atoms in total. The molecule has 1 aromatic rings. The molecule has 2 N–H and O–H groups in total. The van der Waals surface area contributed by atoms with Crippen LogP contribution in [0.1, 0.15) is 12.0 Å². The van der Waals surface area contributed by atoms with Crippen LogP contribution in [-0.2, 0) is 25.6 Å². The average molecular weight is 298 g/mol. The van der Waals surface area contributed by atoms with Gasteiger partial charge in [-0.25, -0.2) is 0 Å². The maximum atomic E-state index is 10.3. The first-order valence-electron chi connectivity index (χ1n) is 6.94. The summed E-state index contributed by atoms with van der Waals surface area (Å²) in [4.78, 5) is 0. The predicted octanol–water partition coefficient (Wildman–Crippen LogP) is 0.662. The Balaban J connectivity index is 1.76. The van der Waals surface area contributed by atoms with E-state index in [-0.39, 0.29) is 19.6 Å². The van der Waals surface area contributed by atoms with Gasteiger partial charge in [-0.05, 0) is 5.56 Å². The highest BCUT2D eigenvalue weighted by Gasteiger charge is 2.43. The van der Waals surface area contributed by atoms with Crippen LogP contribution in [0.4, 0.5) is 0 Å². The lowest BCUT2D eigenvalue weighted by atomic mass is 10.1. The fraction of sp³-hybridized carbons (Fsp3) is 0.600. The molecule has 0 saturated carbocycles. The first-order valence-corrected chi connectivity index (χ1v) is 6.94. The molecule has 0 spiro atoms. The molecule has 1 saturated heterocycles. The number of ether oxygens (including phenoxy) is 4. The van der Waals surface area contributed by atoms with Crippen molar-refractivity contribution in [2.75, 3.05) is 26.9 Å². The van der Waals surface area contributed by atoms with Gasteiger partial charge < -0.3 is 29.2 Å². The Morgan fingerprint density at radius 2 is 2.10 bits per heavy atom. The molecule has 1 heterocycles. The number of rotatable bonds is 7. The minimum Gasteiger partial charge on any atom is -0.391 e. The van der Waals surface area contributed by atoms with E-state index in [9.17, 15) is 10.2 Å². The van der Waals surface area contributed by atoms with Crippen molar-refractivity contribution in [2.24, 2.45) is 0 Å². The zero-order valence-corrected chi connectivity index (χ0v) is 12.1. The topological polar surface area (TPSA) is 77.4 Å². The largest absolute Gasteiger partial charge is 0.391 e. The van der Waals surface area contributed by atoms with E-state index in [1.807, 2.05) is 30.3 Å². The van der Waals surface area contributed by atoms with E-state index in [0.717, 1.165) is 5.56 Å². The zero-order chi connectivity index (χ0) is 15.1. The molecule has 1 aliphatic heterocycles. The minimum absolute atomic E-state index is 0.0414. The summed E-state index contributed by atoms with van der Waals surface area (Å²) in [5.74, 6) is -1.65. The minimum atomic E-state index is -1.65. The molecule has 1 fully saturated rings. The van der Waals surface area contributed by atoms with Gasteiger partial charge >= 0.3 is 0 Å². The summed E-state index contributed by atoms with van der Waals surface area (Å²) in [7, 11) is 1.42. The summed E-state index contributed by atoms with van der Waals surface area (Å²) in [6, 6.07) is 9.67. The molecule has 1 aromatic carbocycles. The molecule has 2 rings (SSSR count). The molecule has 1 aliphatic rings. The predicted molar refractivity (Wildman–Crippen MR) is 74.4 cm³/mol. The summed E-state index contributed by atoms with van der Waals surface area (Å²) < 4.78 is 21.0. The van der Waals surface area contributed by atoms with Crippen LogP contribution in [-0.4, -0.2) is 55.3 Å². The van der Waals surface area contributed by atoms with Gasteiger partial charge in [0.15, 0.2) is 0 Å². The maximum absolute atomic E-state index is 10.3. The Kier molecular flexibility index (Phi) is 6.10. The van der Waals surface area contributed by atoms with Gasteiger partial charge in [0.1, 0.15) is 0 Å². The molecule has 6 heteroatoms. The van der Waals surface area contributed by atoms with E-state index in [0.29, 0.717) is 13.2 Å². The standard InChI is InChI=1S/C15H22O6/c1-18-14-15(17,21-8-7-20-14)9-13(16)11-19-10-12-5-3-2-4-6-12/h2-6,13-14,16-17H,7-11H2,1H3. The van der Waals surface area contributed by atoms with E-state index in [1.54, 1.807) is 0 Å². The van der Waals surface area contributed by atoms with Crippen LogP contribution in [0.15, 0.2) is 30.3 Å². The van der Waals surface area contributed by atoms with Gasteiger partial charge in [-0.2, -0.15) is 0 Å². The lowest BCUT2D eigenvalue weighted by Crippen LogP contribution is -2.54. The molecule has 0 aromatic heterocycles. The third kappa shape index (κ3) is 4.74. The second kappa shape index (κ2) is 7.84. The molecule has 21 heavy (non-hydrogen) atoms. The summed E-state index contributed by atoms with van der Waals surface area (Å²) >= 11 is 0. The summed E-state index contributed by atoms with van der Waals surface area (Å²) in [6.45, 7) is 1.10. The monoisotopic (exact) mass is 298 g/mol. The van der Waals surface area contributed by atoms with Gasteiger partial charge in [-0.15, -0.1) is 0 Å². The van der Waals surface area contributed by atoms with Crippen LogP contribution in [0.5, 0.6) is 0 Å². The molecular weight excluding hydrogens is 276 g/mol. The highest BCUT2D eigenvalue weighted by molar-refractivity contribution is 5.13. The number of aliphatic hydroxyl groups excluding tert-OH is 1. The summed E-state index contributed by atoms with van der Waals surface area (Å²) in [6.07, 6.45) is -1.83. The van der Waals surface area contributed by atoms with Crippen molar-refractivity contribution in [2.45, 2.75) is 31.2 Å². The molecular formula is C15H22O6. The first kappa shape index (κ1) is 16.4. The Hall–Kier alpha value is -1.02. The van der Waals surface area contributed by atoms with Crippen LogP contribution in [0, 0.1) is 0 Å². The fourth-order valence-corrected chi connectivity index (χ4v) is 2.26. The molecule has 3 unspecified atom stereocenters. The van der Waals surface area contributed by atoms with Crippen molar-refractivity contribution in [3.8, 4) is 0 Å². The number of hydrogen-bond acceptors (Lipinski definition) is 6. The van der Waals surface area contributed by atoms with Crippen LogP contribution < -0.4 is 0 Å². The van der Waals surface area contributed by atoms with E-state index in [4.69, 9.17) is 18.9 Å². The Labute approximate surface area is 124 Å². The maximum Gasteiger partial charge on any atom is 0.220 e. The third-order valence-corrected chi connectivity index (χ3v) is 3.24. The molecule has 0 radical (unpaired) electrons. The normalized spacial score (nSPS) is 27.5. The number of hydrogen-bond donors (Lipinski definition) is 2. The third-order valence-electron chi connectivity index (χ3n) is 3.24. The van der Waals surface area contributed by atoms with Gasteiger partial charge in [0.05, 0.1) is 32.5 Å². The average Bonchev–Trinajstić information content (AvgIpc) is 2.48. The summed E-state index contributed by atoms with van der Waals surface area (Å²) in [5, 5.41) is 20.3. The number of methoxy groups -OCH3 is 1. The molecule has 118 valence electrons. The lowest BCUT2D eigenvalue weighted by molar-refractivity contribution is -0.371. The zero-order valence-electron chi connectivity index (χ0n) is 12.1. The van der Waals surface area contributed by atoms with Crippen molar-refractivity contribution in [1.82, 2.24) is 0 Å². The second-order valence-corrected chi connectivity index (χ2v) is 4.99. The Morgan fingerprint density at radius 1 is 1.33 bits per heavy atom. The van der Waals surface area contributed by atoms with Crippen molar-refractivity contribution >= 4 is 0 Å². The second-order valence-electron chi connectivity index (χ2n) is 4.99. The van der Waals surface area contributed by atoms with Crippen molar-refractivity contribution in [1.29, 1.82) is 0 Å². The van der Waals surface area contributed by atoms with E-state index in [2.05, 4.69) is 0 Å². The number of benzene rings is 1. The highest BCUT2D eigenvalue weighted by Crippen LogP contribution is 2.26. The molecule has 0 aliphatic carbocycles. The Morgan fingerprint density at radius 3 is 2.81 bits per heavy atom. The van der Waals surface area contributed by atoms with Gasteiger partial charge in [0.25, 0.3) is 0 Å². The van der Waals surface area contributed by atoms with Gasteiger partial charge in [0.2, 0.25) is 12.1 Å². The quantitative estimate of drug-likeness (QED) is 0.770. The highest BCUT2D eigenvalue weighted by atomic mass is 16.8. The van der Waals surface area contributed by atoms with E-state index < -0.39 is 18.2 Å². The number of aliphatic hydroxyl groups is 2. The van der Waals surface area contributed by atoms with Gasteiger partial charge in [0, 0.05) is 13.5 Å². The van der Waals surface area contributed by atoms with E-state index >= 15 is 0 Å². The molecule has 0 bridgehead atoms. The molecule has 0 amide bonds. The first-order chi connectivity index (χ1) is 10.1. The van der Waals surface area contributed by atoms with Gasteiger partial charge in [-0.3, -0.25) is 0 Å². The van der Waals surface area contributed by atoms with Crippen LogP contribution in [0.25, 0.3) is 0 Å². The van der Waals surface area contributed by atoms with E-state index in [1.165, 1.54) is 7.11 Å². The lowest BCUT2D eigenvalue weighted by Gasteiger charge is -2.39. The smallest absolute Gasteiger partial charge is 0.220 e. The fourth-order valence-electron chi connectivity index (χ4n) is 2.26. The van der Waals surface area contributed by atoms with Crippen molar-refractivity contribution in [3.63, 3.8) is 0 Å². The SMILES string of the molecule is COC1OCCOC1(O)CC(O)COCc1ccccc1. The van der Waals surface area contributed by atoms with Crippen molar-refractivity contribution in [3.05, 3.63) is 35.9 Å². The van der Waals surface area contributed by atoms with Crippen molar-refractivity contribution < 1.29 is 29.2 Å².